The Morgan fingerprint density at radius 2 is 2.11 bits per heavy atom. The summed E-state index contributed by atoms with van der Waals surface area (Å²) in [5.74, 6) is 0. The molecule has 54 valence electrons. The molecule has 0 rings (SSSR count). The summed E-state index contributed by atoms with van der Waals surface area (Å²) in [6.07, 6.45) is 4.10. The molecule has 0 fully saturated rings. The van der Waals surface area contributed by atoms with Crippen LogP contribution in [-0.2, 0) is 9.47 Å². The van der Waals surface area contributed by atoms with Crippen LogP contribution >= 0.6 is 0 Å². The lowest BCUT2D eigenvalue weighted by Gasteiger charge is -2.00. The molecule has 1 unspecified atom stereocenters. The molecule has 0 radical (unpaired) electrons. The van der Waals surface area contributed by atoms with E-state index in [0.29, 0.717) is 6.61 Å². The van der Waals surface area contributed by atoms with Crippen molar-refractivity contribution >= 4 is 0 Å². The number of hydrogen-bond acceptors (Lipinski definition) is 2. The molecule has 0 bridgehead atoms. The first-order chi connectivity index (χ1) is 4.31. The summed E-state index contributed by atoms with van der Waals surface area (Å²) in [5, 5.41) is 0. The van der Waals surface area contributed by atoms with Gasteiger partial charge in [-0.1, -0.05) is 12.2 Å². The molecule has 0 aromatic carbocycles. The van der Waals surface area contributed by atoms with E-state index in [1.165, 1.54) is 0 Å². The Morgan fingerprint density at radius 3 is 2.56 bits per heavy atom. The Hall–Kier alpha value is -0.340. The second-order valence-corrected chi connectivity index (χ2v) is 1.82. The van der Waals surface area contributed by atoms with Crippen molar-refractivity contribution in [1.29, 1.82) is 0 Å². The molecule has 1 atom stereocenters. The first-order valence-electron chi connectivity index (χ1n) is 2.99. The molecule has 0 aliphatic rings. The van der Waals surface area contributed by atoms with Gasteiger partial charge in [-0.25, -0.2) is 0 Å². The molecule has 0 saturated heterocycles. The lowest BCUT2D eigenvalue weighted by molar-refractivity contribution is 0.155. The molecular weight excluding hydrogens is 116 g/mol. The van der Waals surface area contributed by atoms with Crippen molar-refractivity contribution in [2.45, 2.75) is 13.0 Å². The average Bonchev–Trinajstić information content (AvgIpc) is 1.89. The van der Waals surface area contributed by atoms with Gasteiger partial charge in [-0.3, -0.25) is 0 Å². The summed E-state index contributed by atoms with van der Waals surface area (Å²) in [4.78, 5) is 0. The minimum Gasteiger partial charge on any atom is -0.381 e. The van der Waals surface area contributed by atoms with Gasteiger partial charge in [0, 0.05) is 14.2 Å². The second kappa shape index (κ2) is 5.79. The van der Waals surface area contributed by atoms with E-state index in [4.69, 9.17) is 9.47 Å². The third-order valence-corrected chi connectivity index (χ3v) is 1.04. The maximum absolute atomic E-state index is 4.95. The topological polar surface area (TPSA) is 18.5 Å². The van der Waals surface area contributed by atoms with Gasteiger partial charge in [-0.05, 0) is 6.92 Å². The van der Waals surface area contributed by atoms with Crippen LogP contribution in [0, 0.1) is 0 Å². The lowest BCUT2D eigenvalue weighted by atomic mass is 10.3. The van der Waals surface area contributed by atoms with Gasteiger partial charge in [0.15, 0.2) is 0 Å². The Balaban J connectivity index is 3.20. The molecule has 0 aromatic heterocycles. The average molecular weight is 130 g/mol. The van der Waals surface area contributed by atoms with E-state index in [-0.39, 0.29) is 6.10 Å². The highest BCUT2D eigenvalue weighted by Gasteiger charge is 1.87. The second-order valence-electron chi connectivity index (χ2n) is 1.82. The highest BCUT2D eigenvalue weighted by molar-refractivity contribution is 4.86. The van der Waals surface area contributed by atoms with Crippen molar-refractivity contribution < 1.29 is 9.47 Å². The summed E-state index contributed by atoms with van der Waals surface area (Å²) in [5.41, 5.74) is 0. The SMILES string of the molecule is COCC=CC(C)OC. The molecule has 0 N–H and O–H groups in total. The van der Waals surface area contributed by atoms with Gasteiger partial charge in [-0.2, -0.15) is 0 Å². The molecule has 2 heteroatoms. The Kier molecular flexibility index (Phi) is 5.57. The first kappa shape index (κ1) is 8.66. The van der Waals surface area contributed by atoms with Crippen LogP contribution in [-0.4, -0.2) is 26.9 Å². The zero-order chi connectivity index (χ0) is 7.11. The number of rotatable bonds is 4. The highest BCUT2D eigenvalue weighted by Crippen LogP contribution is 1.88. The van der Waals surface area contributed by atoms with Gasteiger partial charge in [0.05, 0.1) is 12.7 Å². The minimum absolute atomic E-state index is 0.195. The predicted molar refractivity (Wildman–Crippen MR) is 37.5 cm³/mol. The van der Waals surface area contributed by atoms with Gasteiger partial charge in [0.1, 0.15) is 0 Å². The van der Waals surface area contributed by atoms with E-state index in [1.807, 2.05) is 19.1 Å². The van der Waals surface area contributed by atoms with Crippen LogP contribution in [0.3, 0.4) is 0 Å². The van der Waals surface area contributed by atoms with Crippen molar-refractivity contribution in [3.05, 3.63) is 12.2 Å². The van der Waals surface area contributed by atoms with Gasteiger partial charge >= 0.3 is 0 Å². The first-order valence-corrected chi connectivity index (χ1v) is 2.99. The quantitative estimate of drug-likeness (QED) is 0.533. The van der Waals surface area contributed by atoms with Crippen LogP contribution in [0.25, 0.3) is 0 Å². The van der Waals surface area contributed by atoms with Crippen LogP contribution in [0.5, 0.6) is 0 Å². The molecule has 0 heterocycles. The summed E-state index contributed by atoms with van der Waals surface area (Å²) in [6, 6.07) is 0. The number of ether oxygens (including phenoxy) is 2. The molecule has 0 aliphatic heterocycles. The van der Waals surface area contributed by atoms with E-state index in [9.17, 15) is 0 Å². The fourth-order valence-corrected chi connectivity index (χ4v) is 0.422. The van der Waals surface area contributed by atoms with Crippen LogP contribution in [0.4, 0.5) is 0 Å². The Morgan fingerprint density at radius 1 is 1.44 bits per heavy atom. The highest BCUT2D eigenvalue weighted by atomic mass is 16.5. The van der Waals surface area contributed by atoms with Gasteiger partial charge in [0.25, 0.3) is 0 Å². The van der Waals surface area contributed by atoms with Crippen molar-refractivity contribution in [2.24, 2.45) is 0 Å². The maximum Gasteiger partial charge on any atom is 0.0724 e. The summed E-state index contributed by atoms with van der Waals surface area (Å²) in [6.45, 7) is 2.64. The number of hydrogen-bond donors (Lipinski definition) is 0. The van der Waals surface area contributed by atoms with Crippen LogP contribution in [0.2, 0.25) is 0 Å². The van der Waals surface area contributed by atoms with Crippen LogP contribution in [0.15, 0.2) is 12.2 Å². The normalized spacial score (nSPS) is 14.6. The van der Waals surface area contributed by atoms with Gasteiger partial charge < -0.3 is 9.47 Å². The zero-order valence-electron chi connectivity index (χ0n) is 6.26. The van der Waals surface area contributed by atoms with Gasteiger partial charge in [-0.15, -0.1) is 0 Å². The van der Waals surface area contributed by atoms with E-state index in [1.54, 1.807) is 14.2 Å². The summed E-state index contributed by atoms with van der Waals surface area (Å²) >= 11 is 0. The van der Waals surface area contributed by atoms with Gasteiger partial charge in [0.2, 0.25) is 0 Å². The molecule has 9 heavy (non-hydrogen) atoms. The fourth-order valence-electron chi connectivity index (χ4n) is 0.422. The van der Waals surface area contributed by atoms with E-state index in [0.717, 1.165) is 0 Å². The molecular formula is C7H14O2. The van der Waals surface area contributed by atoms with Crippen molar-refractivity contribution in [2.75, 3.05) is 20.8 Å². The summed E-state index contributed by atoms with van der Waals surface area (Å²) in [7, 11) is 3.35. The maximum atomic E-state index is 4.95. The van der Waals surface area contributed by atoms with Crippen LogP contribution < -0.4 is 0 Å². The van der Waals surface area contributed by atoms with Crippen molar-refractivity contribution in [1.82, 2.24) is 0 Å². The van der Waals surface area contributed by atoms with Crippen molar-refractivity contribution in [3.63, 3.8) is 0 Å². The molecule has 0 amide bonds. The predicted octanol–water partition coefficient (Wildman–Crippen LogP) is 1.22. The third-order valence-electron chi connectivity index (χ3n) is 1.04. The largest absolute Gasteiger partial charge is 0.381 e. The van der Waals surface area contributed by atoms with Crippen molar-refractivity contribution in [3.8, 4) is 0 Å². The Bertz CT molecular complexity index is 79.0. The number of methoxy groups -OCH3 is 2. The van der Waals surface area contributed by atoms with E-state index < -0.39 is 0 Å². The fraction of sp³-hybridized carbons (Fsp3) is 0.714. The minimum atomic E-state index is 0.195. The smallest absolute Gasteiger partial charge is 0.0724 e. The monoisotopic (exact) mass is 130 g/mol. The standard InChI is InChI=1S/C7H14O2/c1-7(9-3)5-4-6-8-2/h4-5,7H,6H2,1-3H3. The lowest BCUT2D eigenvalue weighted by Crippen LogP contribution is -1.99. The summed E-state index contributed by atoms with van der Waals surface area (Å²) < 4.78 is 9.75. The molecule has 2 nitrogen and oxygen atoms in total. The van der Waals surface area contributed by atoms with E-state index >= 15 is 0 Å². The molecule has 0 spiro atoms. The molecule has 0 aliphatic carbocycles. The Labute approximate surface area is 56.5 Å². The molecule has 0 aromatic rings. The third kappa shape index (κ3) is 5.53. The van der Waals surface area contributed by atoms with E-state index in [2.05, 4.69) is 0 Å². The van der Waals surface area contributed by atoms with Crippen LogP contribution in [0.1, 0.15) is 6.92 Å². The zero-order valence-corrected chi connectivity index (χ0v) is 6.26. The molecule has 0 saturated carbocycles.